The van der Waals surface area contributed by atoms with Gasteiger partial charge in [0.05, 0.1) is 26.0 Å². The number of hydrogen-bond donors (Lipinski definition) is 1. The Morgan fingerprint density at radius 1 is 1.23 bits per heavy atom. The van der Waals surface area contributed by atoms with Crippen LogP contribution in [0.2, 0.25) is 4.34 Å². The summed E-state index contributed by atoms with van der Waals surface area (Å²) in [5.41, 5.74) is 2.29. The zero-order chi connectivity index (χ0) is 15.1. The number of aromatic nitrogens is 1. The summed E-state index contributed by atoms with van der Waals surface area (Å²) < 4.78 is 0.717. The van der Waals surface area contributed by atoms with E-state index in [-0.39, 0.29) is 5.91 Å². The molecule has 2 aromatic heterocycles. The van der Waals surface area contributed by atoms with Gasteiger partial charge in [-0.25, -0.2) is 4.98 Å². The van der Waals surface area contributed by atoms with Crippen molar-refractivity contribution < 1.29 is 4.79 Å². The van der Waals surface area contributed by atoms with Gasteiger partial charge in [-0.1, -0.05) is 29.8 Å². The molecule has 0 unspecified atom stereocenters. The molecule has 1 aliphatic carbocycles. The fourth-order valence-corrected chi connectivity index (χ4v) is 3.44. The molecule has 1 amide bonds. The quantitative estimate of drug-likeness (QED) is 0.768. The lowest BCUT2D eigenvalue weighted by Crippen LogP contribution is -2.25. The van der Waals surface area contributed by atoms with Crippen LogP contribution in [0.4, 0.5) is 0 Å². The molecule has 1 aromatic carbocycles. The number of nitrogens with zero attached hydrogens (tertiary/aromatic N) is 1. The molecule has 2 heterocycles. The Morgan fingerprint density at radius 2 is 2.05 bits per heavy atom. The van der Waals surface area contributed by atoms with Crippen molar-refractivity contribution in [3.8, 4) is 10.6 Å². The summed E-state index contributed by atoms with van der Waals surface area (Å²) in [6.45, 7) is 0. The lowest BCUT2D eigenvalue weighted by atomic mass is 10.1. The molecular weight excluding hydrogens is 316 g/mol. The van der Waals surface area contributed by atoms with Crippen molar-refractivity contribution >= 4 is 39.7 Å². The summed E-state index contributed by atoms with van der Waals surface area (Å²) >= 11 is 7.49. The minimum atomic E-state index is -0.0231. The standard InChI is InChI=1S/C17H13ClN2OS/c18-16-8-7-15(22-16)14-9-12(17(21)19-10-5-6-10)11-3-1-2-4-13(11)20-14/h1-4,7-10H,5-6H2,(H,19,21). The van der Waals surface area contributed by atoms with Gasteiger partial charge in [-0.15, -0.1) is 11.3 Å². The first-order valence-corrected chi connectivity index (χ1v) is 8.36. The number of halogens is 1. The molecule has 1 aliphatic rings. The Labute approximate surface area is 136 Å². The second kappa shape index (κ2) is 5.38. The summed E-state index contributed by atoms with van der Waals surface area (Å²) in [7, 11) is 0. The summed E-state index contributed by atoms with van der Waals surface area (Å²) in [4.78, 5) is 18.2. The van der Waals surface area contributed by atoms with Gasteiger partial charge < -0.3 is 5.32 Å². The average Bonchev–Trinajstić information content (AvgIpc) is 3.24. The zero-order valence-electron chi connectivity index (χ0n) is 11.7. The SMILES string of the molecule is O=C(NC1CC1)c1cc(-c2ccc(Cl)s2)nc2ccccc12. The van der Waals surface area contributed by atoms with E-state index in [4.69, 9.17) is 11.6 Å². The van der Waals surface area contributed by atoms with Crippen LogP contribution in [0.3, 0.4) is 0 Å². The van der Waals surface area contributed by atoms with Crippen molar-refractivity contribution in [1.82, 2.24) is 10.3 Å². The van der Waals surface area contributed by atoms with Crippen molar-refractivity contribution in [3.63, 3.8) is 0 Å². The number of fused-ring (bicyclic) bond motifs is 1. The molecule has 0 spiro atoms. The van der Waals surface area contributed by atoms with Crippen LogP contribution in [0, 0.1) is 0 Å². The van der Waals surface area contributed by atoms with Crippen LogP contribution >= 0.6 is 22.9 Å². The number of thiophene rings is 1. The lowest BCUT2D eigenvalue weighted by molar-refractivity contribution is 0.0952. The summed E-state index contributed by atoms with van der Waals surface area (Å²) in [5, 5.41) is 3.94. The van der Waals surface area contributed by atoms with E-state index >= 15 is 0 Å². The maximum atomic E-state index is 12.5. The second-order valence-corrected chi connectivity index (χ2v) is 7.14. The number of amides is 1. The van der Waals surface area contributed by atoms with E-state index < -0.39 is 0 Å². The van der Waals surface area contributed by atoms with Gasteiger partial charge in [-0.05, 0) is 37.1 Å². The highest BCUT2D eigenvalue weighted by Crippen LogP contribution is 2.32. The Balaban J connectivity index is 1.86. The molecule has 5 heteroatoms. The third-order valence-electron chi connectivity index (χ3n) is 3.70. The highest BCUT2D eigenvalue weighted by Gasteiger charge is 2.25. The van der Waals surface area contributed by atoms with Crippen LogP contribution in [0.15, 0.2) is 42.5 Å². The van der Waals surface area contributed by atoms with Crippen LogP contribution in [0.25, 0.3) is 21.5 Å². The highest BCUT2D eigenvalue weighted by molar-refractivity contribution is 7.19. The van der Waals surface area contributed by atoms with Crippen LogP contribution in [-0.4, -0.2) is 16.9 Å². The van der Waals surface area contributed by atoms with E-state index in [1.807, 2.05) is 42.5 Å². The van der Waals surface area contributed by atoms with Crippen LogP contribution in [0.1, 0.15) is 23.2 Å². The summed E-state index contributed by atoms with van der Waals surface area (Å²) in [6, 6.07) is 13.7. The van der Waals surface area contributed by atoms with Gasteiger partial charge in [0.1, 0.15) is 0 Å². The molecule has 0 atom stereocenters. The van der Waals surface area contributed by atoms with E-state index in [0.717, 1.165) is 34.3 Å². The Morgan fingerprint density at radius 3 is 2.77 bits per heavy atom. The number of rotatable bonds is 3. The van der Waals surface area contributed by atoms with E-state index in [9.17, 15) is 4.79 Å². The van der Waals surface area contributed by atoms with Crippen molar-refractivity contribution in [2.24, 2.45) is 0 Å². The predicted octanol–water partition coefficient (Wildman–Crippen LogP) is 4.51. The number of carbonyl (C=O) groups is 1. The molecule has 0 aliphatic heterocycles. The number of benzene rings is 1. The first-order valence-electron chi connectivity index (χ1n) is 7.17. The second-order valence-electron chi connectivity index (χ2n) is 5.42. The van der Waals surface area contributed by atoms with Crippen molar-refractivity contribution in [1.29, 1.82) is 0 Å². The first kappa shape index (κ1) is 13.7. The van der Waals surface area contributed by atoms with Crippen LogP contribution in [0.5, 0.6) is 0 Å². The molecular formula is C17H13ClN2OS. The Bertz CT molecular complexity index is 870. The molecule has 3 aromatic rings. The molecule has 1 fully saturated rings. The van der Waals surface area contributed by atoms with Crippen molar-refractivity contribution in [2.45, 2.75) is 18.9 Å². The van der Waals surface area contributed by atoms with E-state index in [1.165, 1.54) is 11.3 Å². The minimum Gasteiger partial charge on any atom is -0.349 e. The van der Waals surface area contributed by atoms with Gasteiger partial charge in [0.2, 0.25) is 0 Å². The van der Waals surface area contributed by atoms with Gasteiger partial charge in [-0.3, -0.25) is 4.79 Å². The third kappa shape index (κ3) is 2.60. The molecule has 4 rings (SSSR count). The minimum absolute atomic E-state index is 0.0231. The number of pyridine rings is 1. The largest absolute Gasteiger partial charge is 0.349 e. The first-order chi connectivity index (χ1) is 10.7. The molecule has 0 saturated heterocycles. The maximum Gasteiger partial charge on any atom is 0.252 e. The van der Waals surface area contributed by atoms with Crippen molar-refractivity contribution in [3.05, 3.63) is 52.4 Å². The van der Waals surface area contributed by atoms with E-state index in [0.29, 0.717) is 15.9 Å². The van der Waals surface area contributed by atoms with E-state index in [1.54, 1.807) is 0 Å². The lowest BCUT2D eigenvalue weighted by Gasteiger charge is -2.09. The fourth-order valence-electron chi connectivity index (χ4n) is 2.43. The van der Waals surface area contributed by atoms with Gasteiger partial charge in [0, 0.05) is 11.4 Å². The number of hydrogen-bond acceptors (Lipinski definition) is 3. The Kier molecular flexibility index (Phi) is 3.36. The monoisotopic (exact) mass is 328 g/mol. The normalized spacial score (nSPS) is 14.2. The topological polar surface area (TPSA) is 42.0 Å². The molecule has 1 saturated carbocycles. The van der Waals surface area contributed by atoms with Crippen LogP contribution < -0.4 is 5.32 Å². The average molecular weight is 329 g/mol. The molecule has 0 radical (unpaired) electrons. The van der Waals surface area contributed by atoms with Crippen LogP contribution in [-0.2, 0) is 0 Å². The summed E-state index contributed by atoms with van der Waals surface area (Å²) in [5.74, 6) is -0.0231. The molecule has 1 N–H and O–H groups in total. The van der Waals surface area contributed by atoms with Gasteiger partial charge in [0.15, 0.2) is 0 Å². The Hall–Kier alpha value is -1.91. The molecule has 110 valence electrons. The number of para-hydroxylation sites is 1. The van der Waals surface area contributed by atoms with Gasteiger partial charge in [0.25, 0.3) is 5.91 Å². The van der Waals surface area contributed by atoms with Gasteiger partial charge >= 0.3 is 0 Å². The molecule has 3 nitrogen and oxygen atoms in total. The molecule has 0 bridgehead atoms. The zero-order valence-corrected chi connectivity index (χ0v) is 13.2. The highest BCUT2D eigenvalue weighted by atomic mass is 35.5. The third-order valence-corrected chi connectivity index (χ3v) is 4.95. The maximum absolute atomic E-state index is 12.5. The van der Waals surface area contributed by atoms with Gasteiger partial charge in [-0.2, -0.15) is 0 Å². The van der Waals surface area contributed by atoms with Crippen molar-refractivity contribution in [2.75, 3.05) is 0 Å². The smallest absolute Gasteiger partial charge is 0.252 e. The number of nitrogens with one attached hydrogen (secondary N) is 1. The summed E-state index contributed by atoms with van der Waals surface area (Å²) in [6.07, 6.45) is 2.14. The van der Waals surface area contributed by atoms with E-state index in [2.05, 4.69) is 10.3 Å². The molecule has 22 heavy (non-hydrogen) atoms. The predicted molar refractivity (Wildman–Crippen MR) is 90.6 cm³/mol. The number of carbonyl (C=O) groups excluding carboxylic acids is 1. The fraction of sp³-hybridized carbons (Fsp3) is 0.176.